The minimum Gasteiger partial charge on any atom is -0.369 e. The molecule has 5 heteroatoms. The van der Waals surface area contributed by atoms with Crippen molar-refractivity contribution in [2.24, 2.45) is 5.92 Å². The molecule has 2 aromatic heterocycles. The number of hydrogen-bond acceptors (Lipinski definition) is 4. The van der Waals surface area contributed by atoms with Crippen LogP contribution in [0.15, 0.2) is 17.8 Å². The van der Waals surface area contributed by atoms with Crippen LogP contribution in [0.4, 0.5) is 5.82 Å². The number of alkyl halides is 1. The highest BCUT2D eigenvalue weighted by Gasteiger charge is 2.09. The minimum absolute atomic E-state index is 0.621. The molecule has 18 heavy (non-hydrogen) atoms. The van der Waals surface area contributed by atoms with E-state index in [9.17, 15) is 0 Å². The predicted octanol–water partition coefficient (Wildman–Crippen LogP) is 4.15. The standard InChI is InChI=1S/C13H18ClN3S/c1-2-3-10(4-6-14)8-15-12-11-5-7-18-13(11)17-9-16-12/h5,7,9-10H,2-4,6,8H2,1H3,(H,15,16,17). The monoisotopic (exact) mass is 283 g/mol. The molecule has 1 atom stereocenters. The van der Waals surface area contributed by atoms with Gasteiger partial charge in [-0.1, -0.05) is 13.3 Å². The van der Waals surface area contributed by atoms with Crippen LogP contribution in [0.1, 0.15) is 26.2 Å². The molecular formula is C13H18ClN3S. The van der Waals surface area contributed by atoms with Crippen LogP contribution in [0.2, 0.25) is 0 Å². The van der Waals surface area contributed by atoms with Crippen molar-refractivity contribution in [3.05, 3.63) is 17.8 Å². The van der Waals surface area contributed by atoms with Gasteiger partial charge in [-0.15, -0.1) is 22.9 Å². The second kappa shape index (κ2) is 6.90. The fraction of sp³-hybridized carbons (Fsp3) is 0.538. The predicted molar refractivity (Wildman–Crippen MR) is 79.6 cm³/mol. The maximum atomic E-state index is 5.84. The third-order valence-corrected chi connectivity index (χ3v) is 4.07. The van der Waals surface area contributed by atoms with Crippen LogP contribution < -0.4 is 5.32 Å². The van der Waals surface area contributed by atoms with Gasteiger partial charge >= 0.3 is 0 Å². The largest absolute Gasteiger partial charge is 0.369 e. The molecule has 0 aromatic carbocycles. The molecule has 0 saturated heterocycles. The molecular weight excluding hydrogens is 266 g/mol. The van der Waals surface area contributed by atoms with E-state index in [0.29, 0.717) is 5.92 Å². The zero-order chi connectivity index (χ0) is 12.8. The van der Waals surface area contributed by atoms with Gasteiger partial charge in [-0.05, 0) is 30.2 Å². The fourth-order valence-corrected chi connectivity index (χ4v) is 3.12. The Labute approximate surface area is 117 Å². The summed E-state index contributed by atoms with van der Waals surface area (Å²) >= 11 is 7.48. The van der Waals surface area contributed by atoms with Gasteiger partial charge in [-0.25, -0.2) is 9.97 Å². The summed E-state index contributed by atoms with van der Waals surface area (Å²) in [5.41, 5.74) is 0. The molecule has 0 spiro atoms. The number of fused-ring (bicyclic) bond motifs is 1. The van der Waals surface area contributed by atoms with E-state index < -0.39 is 0 Å². The third kappa shape index (κ3) is 3.33. The van der Waals surface area contributed by atoms with E-state index in [1.807, 2.05) is 5.38 Å². The highest BCUT2D eigenvalue weighted by atomic mass is 35.5. The highest BCUT2D eigenvalue weighted by molar-refractivity contribution is 7.16. The van der Waals surface area contributed by atoms with Crippen molar-refractivity contribution in [2.45, 2.75) is 26.2 Å². The first-order valence-corrected chi connectivity index (χ1v) is 7.74. The number of nitrogens with one attached hydrogen (secondary N) is 1. The highest BCUT2D eigenvalue weighted by Crippen LogP contribution is 2.24. The van der Waals surface area contributed by atoms with Gasteiger partial charge < -0.3 is 5.32 Å². The van der Waals surface area contributed by atoms with Crippen molar-refractivity contribution in [1.82, 2.24) is 9.97 Å². The average Bonchev–Trinajstić information content (AvgIpc) is 2.85. The summed E-state index contributed by atoms with van der Waals surface area (Å²) in [6.07, 6.45) is 5.08. The van der Waals surface area contributed by atoms with Gasteiger partial charge in [-0.3, -0.25) is 0 Å². The van der Waals surface area contributed by atoms with Crippen LogP contribution in [0, 0.1) is 5.92 Å². The van der Waals surface area contributed by atoms with E-state index in [2.05, 4.69) is 28.3 Å². The van der Waals surface area contributed by atoms with E-state index in [1.54, 1.807) is 17.7 Å². The Morgan fingerprint density at radius 2 is 2.28 bits per heavy atom. The average molecular weight is 284 g/mol. The molecule has 2 heterocycles. The van der Waals surface area contributed by atoms with E-state index >= 15 is 0 Å². The Morgan fingerprint density at radius 1 is 1.39 bits per heavy atom. The summed E-state index contributed by atoms with van der Waals surface area (Å²) in [5, 5.41) is 6.60. The molecule has 0 aliphatic heterocycles. The van der Waals surface area contributed by atoms with E-state index in [-0.39, 0.29) is 0 Å². The summed E-state index contributed by atoms with van der Waals surface area (Å²) < 4.78 is 0. The second-order valence-corrected chi connectivity index (χ2v) is 5.65. The Balaban J connectivity index is 2.02. The number of anilines is 1. The van der Waals surface area contributed by atoms with Gasteiger partial charge in [0.1, 0.15) is 17.0 Å². The summed E-state index contributed by atoms with van der Waals surface area (Å²) in [4.78, 5) is 9.61. The lowest BCUT2D eigenvalue weighted by Crippen LogP contribution is -2.15. The molecule has 0 aliphatic rings. The van der Waals surface area contributed by atoms with Crippen LogP contribution in [0.3, 0.4) is 0 Å². The number of halogens is 1. The number of nitrogens with zero attached hydrogens (tertiary/aromatic N) is 2. The molecule has 0 radical (unpaired) electrons. The summed E-state index contributed by atoms with van der Waals surface area (Å²) in [7, 11) is 0. The summed E-state index contributed by atoms with van der Waals surface area (Å²) in [5.74, 6) is 2.29. The fourth-order valence-electron chi connectivity index (χ4n) is 2.08. The van der Waals surface area contributed by atoms with Crippen molar-refractivity contribution in [1.29, 1.82) is 0 Å². The Morgan fingerprint density at radius 3 is 3.06 bits per heavy atom. The molecule has 0 fully saturated rings. The number of thiophene rings is 1. The molecule has 0 amide bonds. The van der Waals surface area contributed by atoms with Crippen molar-refractivity contribution < 1.29 is 0 Å². The zero-order valence-electron chi connectivity index (χ0n) is 10.5. The van der Waals surface area contributed by atoms with Crippen molar-refractivity contribution in [3.63, 3.8) is 0 Å². The first kappa shape index (κ1) is 13.6. The molecule has 98 valence electrons. The molecule has 0 bridgehead atoms. The Bertz CT molecular complexity index is 480. The maximum absolute atomic E-state index is 5.84. The first-order chi connectivity index (χ1) is 8.85. The molecule has 2 aromatic rings. The summed E-state index contributed by atoms with van der Waals surface area (Å²) in [6, 6.07) is 2.07. The summed E-state index contributed by atoms with van der Waals surface area (Å²) in [6.45, 7) is 3.14. The van der Waals surface area contributed by atoms with Crippen LogP contribution in [-0.2, 0) is 0 Å². The van der Waals surface area contributed by atoms with Gasteiger partial charge in [0.05, 0.1) is 5.39 Å². The van der Waals surface area contributed by atoms with Gasteiger partial charge in [-0.2, -0.15) is 0 Å². The lowest BCUT2D eigenvalue weighted by molar-refractivity contribution is 0.490. The number of aromatic nitrogens is 2. The van der Waals surface area contributed by atoms with E-state index in [4.69, 9.17) is 11.6 Å². The van der Waals surface area contributed by atoms with Crippen LogP contribution in [0.5, 0.6) is 0 Å². The van der Waals surface area contributed by atoms with Crippen LogP contribution in [0.25, 0.3) is 10.2 Å². The number of hydrogen-bond donors (Lipinski definition) is 1. The van der Waals surface area contributed by atoms with Gasteiger partial charge in [0, 0.05) is 12.4 Å². The van der Waals surface area contributed by atoms with E-state index in [1.165, 1.54) is 12.8 Å². The Hall–Kier alpha value is -0.870. The lowest BCUT2D eigenvalue weighted by atomic mass is 10.0. The Kier molecular flexibility index (Phi) is 5.20. The lowest BCUT2D eigenvalue weighted by Gasteiger charge is -2.16. The number of rotatable bonds is 7. The normalized spacial score (nSPS) is 12.8. The molecule has 0 aliphatic carbocycles. The third-order valence-electron chi connectivity index (χ3n) is 3.03. The van der Waals surface area contributed by atoms with Crippen molar-refractivity contribution >= 4 is 39.0 Å². The topological polar surface area (TPSA) is 37.8 Å². The van der Waals surface area contributed by atoms with Gasteiger partial charge in [0.2, 0.25) is 0 Å². The molecule has 2 rings (SSSR count). The minimum atomic E-state index is 0.621. The molecule has 1 N–H and O–H groups in total. The second-order valence-electron chi connectivity index (χ2n) is 4.37. The smallest absolute Gasteiger partial charge is 0.138 e. The van der Waals surface area contributed by atoms with Crippen LogP contribution >= 0.6 is 22.9 Å². The quantitative estimate of drug-likeness (QED) is 0.776. The zero-order valence-corrected chi connectivity index (χ0v) is 12.1. The first-order valence-electron chi connectivity index (χ1n) is 6.33. The van der Waals surface area contributed by atoms with Crippen LogP contribution in [-0.4, -0.2) is 22.4 Å². The SMILES string of the molecule is CCCC(CCCl)CNc1ncnc2sccc12. The van der Waals surface area contributed by atoms with Crippen molar-refractivity contribution in [2.75, 3.05) is 17.7 Å². The van der Waals surface area contributed by atoms with Crippen molar-refractivity contribution in [3.8, 4) is 0 Å². The maximum Gasteiger partial charge on any atom is 0.138 e. The molecule has 0 saturated carbocycles. The van der Waals surface area contributed by atoms with Gasteiger partial charge in [0.25, 0.3) is 0 Å². The van der Waals surface area contributed by atoms with E-state index in [0.717, 1.165) is 34.9 Å². The molecule has 1 unspecified atom stereocenters. The molecule has 3 nitrogen and oxygen atoms in total. The van der Waals surface area contributed by atoms with Gasteiger partial charge in [0.15, 0.2) is 0 Å².